The Morgan fingerprint density at radius 1 is 1.50 bits per heavy atom. The lowest BCUT2D eigenvalue weighted by Crippen LogP contribution is -2.13. The fourth-order valence-electron chi connectivity index (χ4n) is 2.00. The fourth-order valence-corrected chi connectivity index (χ4v) is 2.00. The van der Waals surface area contributed by atoms with E-state index in [-0.39, 0.29) is 5.78 Å². The van der Waals surface area contributed by atoms with Crippen LogP contribution in [0.2, 0.25) is 0 Å². The molecule has 0 bridgehead atoms. The van der Waals surface area contributed by atoms with Gasteiger partial charge in [0.15, 0.2) is 11.4 Å². The third-order valence-corrected chi connectivity index (χ3v) is 2.96. The molecule has 0 unspecified atom stereocenters. The molecule has 106 valence electrons. The van der Waals surface area contributed by atoms with Crippen LogP contribution in [0, 0.1) is 0 Å². The number of methoxy groups -OCH3 is 1. The first-order valence-corrected chi connectivity index (χ1v) is 6.50. The summed E-state index contributed by atoms with van der Waals surface area (Å²) in [6.45, 7) is 2.99. The van der Waals surface area contributed by atoms with Gasteiger partial charge < -0.3 is 10.5 Å². The van der Waals surface area contributed by atoms with E-state index in [1.54, 1.807) is 29.2 Å². The molecule has 0 saturated carbocycles. The Bertz CT molecular complexity index is 607. The number of rotatable bonds is 6. The first kappa shape index (κ1) is 14.2. The lowest BCUT2D eigenvalue weighted by atomic mass is 10.1. The number of hydrogen-bond acceptors (Lipinski definition) is 5. The molecule has 0 aromatic carbocycles. The van der Waals surface area contributed by atoms with Crippen molar-refractivity contribution in [3.05, 3.63) is 41.5 Å². The van der Waals surface area contributed by atoms with Crippen molar-refractivity contribution < 1.29 is 9.53 Å². The third kappa shape index (κ3) is 2.70. The topological polar surface area (TPSA) is 83.0 Å². The van der Waals surface area contributed by atoms with Gasteiger partial charge in [0.2, 0.25) is 5.78 Å². The highest BCUT2D eigenvalue weighted by Gasteiger charge is 2.21. The van der Waals surface area contributed by atoms with Gasteiger partial charge in [-0.25, -0.2) is 0 Å². The van der Waals surface area contributed by atoms with Gasteiger partial charge in [-0.15, -0.1) is 0 Å². The number of aromatic nitrogens is 3. The minimum Gasteiger partial charge on any atom is -0.493 e. The number of hydrogen-bond donors (Lipinski definition) is 1. The molecule has 6 nitrogen and oxygen atoms in total. The zero-order valence-corrected chi connectivity index (χ0v) is 11.7. The monoisotopic (exact) mass is 274 g/mol. The molecule has 2 aromatic rings. The Kier molecular flexibility index (Phi) is 4.47. The number of ether oxygens (including phenoxy) is 1. The minimum absolute atomic E-state index is 0.134. The predicted octanol–water partition coefficient (Wildman–Crippen LogP) is 1.39. The van der Waals surface area contributed by atoms with E-state index in [2.05, 4.69) is 10.1 Å². The van der Waals surface area contributed by atoms with E-state index in [1.165, 1.54) is 7.11 Å². The molecule has 0 saturated heterocycles. The second kappa shape index (κ2) is 6.29. The van der Waals surface area contributed by atoms with Crippen LogP contribution in [0.25, 0.3) is 0 Å². The molecule has 0 aliphatic rings. The lowest BCUT2D eigenvalue weighted by molar-refractivity contribution is 0.102. The van der Waals surface area contributed by atoms with E-state index < -0.39 is 0 Å². The van der Waals surface area contributed by atoms with Gasteiger partial charge >= 0.3 is 0 Å². The van der Waals surface area contributed by atoms with Gasteiger partial charge in [0.05, 0.1) is 19.0 Å². The molecule has 2 aromatic heterocycles. The summed E-state index contributed by atoms with van der Waals surface area (Å²) in [5, 5.41) is 4.20. The first-order valence-electron chi connectivity index (χ1n) is 6.50. The molecule has 2 rings (SSSR count). The van der Waals surface area contributed by atoms with Crippen LogP contribution in [0.15, 0.2) is 24.5 Å². The lowest BCUT2D eigenvalue weighted by Gasteiger charge is -2.08. The van der Waals surface area contributed by atoms with Crippen LogP contribution in [0.5, 0.6) is 5.75 Å². The van der Waals surface area contributed by atoms with Crippen LogP contribution in [-0.4, -0.2) is 27.7 Å². The average molecular weight is 274 g/mol. The van der Waals surface area contributed by atoms with Crippen molar-refractivity contribution in [2.75, 3.05) is 7.11 Å². The van der Waals surface area contributed by atoms with Crippen molar-refractivity contribution in [2.24, 2.45) is 5.73 Å². The smallest absolute Gasteiger partial charge is 0.214 e. The van der Waals surface area contributed by atoms with Crippen molar-refractivity contribution >= 4 is 5.78 Å². The summed E-state index contributed by atoms with van der Waals surface area (Å²) in [6, 6.07) is 3.37. The quantitative estimate of drug-likeness (QED) is 0.805. The first-order chi connectivity index (χ1) is 9.71. The molecular formula is C14H18N4O2. The number of ketones is 1. The number of aryl methyl sites for hydroxylation is 1. The number of carbonyl (C=O) groups excluding carboxylic acids is 1. The van der Waals surface area contributed by atoms with E-state index in [0.717, 1.165) is 6.42 Å². The van der Waals surface area contributed by atoms with Crippen molar-refractivity contribution in [3.63, 3.8) is 0 Å². The van der Waals surface area contributed by atoms with Crippen molar-refractivity contribution in [1.29, 1.82) is 0 Å². The summed E-state index contributed by atoms with van der Waals surface area (Å²) >= 11 is 0. The van der Waals surface area contributed by atoms with E-state index in [4.69, 9.17) is 10.5 Å². The zero-order chi connectivity index (χ0) is 14.5. The maximum Gasteiger partial charge on any atom is 0.214 e. The Morgan fingerprint density at radius 2 is 2.30 bits per heavy atom. The second-order valence-corrected chi connectivity index (χ2v) is 4.35. The normalized spacial score (nSPS) is 10.6. The zero-order valence-electron chi connectivity index (χ0n) is 11.7. The molecule has 0 aliphatic carbocycles. The number of nitrogens with zero attached hydrogens (tertiary/aromatic N) is 3. The molecule has 6 heteroatoms. The highest BCUT2D eigenvalue weighted by atomic mass is 16.5. The minimum atomic E-state index is -0.134. The van der Waals surface area contributed by atoms with E-state index in [0.29, 0.717) is 35.8 Å². The van der Waals surface area contributed by atoms with Gasteiger partial charge in [-0.05, 0) is 18.6 Å². The number of pyridine rings is 1. The van der Waals surface area contributed by atoms with Crippen LogP contribution in [0.3, 0.4) is 0 Å². The average Bonchev–Trinajstić information content (AvgIpc) is 2.89. The maximum absolute atomic E-state index is 12.6. The summed E-state index contributed by atoms with van der Waals surface area (Å²) in [6.07, 6.45) is 4.03. The Balaban J connectivity index is 2.43. The maximum atomic E-state index is 12.6. The van der Waals surface area contributed by atoms with Crippen LogP contribution in [0.4, 0.5) is 0 Å². The van der Waals surface area contributed by atoms with Gasteiger partial charge in [-0.1, -0.05) is 6.92 Å². The van der Waals surface area contributed by atoms with Crippen molar-refractivity contribution in [3.8, 4) is 5.75 Å². The summed E-state index contributed by atoms with van der Waals surface area (Å²) in [7, 11) is 1.53. The number of nitrogens with two attached hydrogens (primary N) is 1. The third-order valence-electron chi connectivity index (χ3n) is 2.96. The summed E-state index contributed by atoms with van der Waals surface area (Å²) < 4.78 is 6.90. The summed E-state index contributed by atoms with van der Waals surface area (Å²) in [4.78, 5) is 16.7. The molecule has 0 fully saturated rings. The van der Waals surface area contributed by atoms with Crippen LogP contribution in [-0.2, 0) is 13.1 Å². The van der Waals surface area contributed by atoms with Crippen molar-refractivity contribution in [1.82, 2.24) is 14.8 Å². The van der Waals surface area contributed by atoms with E-state index in [1.807, 2.05) is 6.92 Å². The Labute approximate surface area is 117 Å². The number of carbonyl (C=O) groups is 1. The molecule has 0 spiro atoms. The molecule has 0 radical (unpaired) electrons. The highest BCUT2D eigenvalue weighted by Crippen LogP contribution is 2.21. The molecule has 2 N–H and O–H groups in total. The summed E-state index contributed by atoms with van der Waals surface area (Å²) in [5.74, 6) is 0.347. The van der Waals surface area contributed by atoms with Gasteiger partial charge in [-0.3, -0.25) is 14.5 Å². The molecule has 0 aliphatic heterocycles. The van der Waals surface area contributed by atoms with Crippen LogP contribution < -0.4 is 10.5 Å². The SMILES string of the molecule is CCCn1ncc(OC)c1C(=O)c1ccnc(CN)c1. The van der Waals surface area contributed by atoms with Gasteiger partial charge in [0.1, 0.15) is 0 Å². The van der Waals surface area contributed by atoms with Gasteiger partial charge in [0, 0.05) is 24.8 Å². The molecule has 20 heavy (non-hydrogen) atoms. The Hall–Kier alpha value is -2.21. The fraction of sp³-hybridized carbons (Fsp3) is 0.357. The Morgan fingerprint density at radius 3 is 2.95 bits per heavy atom. The van der Waals surface area contributed by atoms with Crippen LogP contribution in [0.1, 0.15) is 35.1 Å². The standard InChI is InChI=1S/C14H18N4O2/c1-3-6-18-13(12(20-2)9-17-18)14(19)10-4-5-16-11(7-10)8-15/h4-5,7,9H,3,6,8,15H2,1-2H3. The van der Waals surface area contributed by atoms with E-state index >= 15 is 0 Å². The van der Waals surface area contributed by atoms with Gasteiger partial charge in [0.25, 0.3) is 0 Å². The predicted molar refractivity (Wildman–Crippen MR) is 74.6 cm³/mol. The molecule has 0 atom stereocenters. The van der Waals surface area contributed by atoms with Crippen LogP contribution >= 0.6 is 0 Å². The molecule has 2 heterocycles. The molecular weight excluding hydrogens is 256 g/mol. The summed E-state index contributed by atoms with van der Waals surface area (Å²) in [5.41, 5.74) is 7.23. The van der Waals surface area contributed by atoms with E-state index in [9.17, 15) is 4.79 Å². The van der Waals surface area contributed by atoms with Gasteiger partial charge in [-0.2, -0.15) is 5.10 Å². The van der Waals surface area contributed by atoms with Crippen molar-refractivity contribution in [2.45, 2.75) is 26.4 Å². The molecule has 0 amide bonds. The second-order valence-electron chi connectivity index (χ2n) is 4.35. The highest BCUT2D eigenvalue weighted by molar-refractivity contribution is 6.09. The largest absolute Gasteiger partial charge is 0.493 e.